The number of nitrogens with zero attached hydrogens (tertiary/aromatic N) is 2. The van der Waals surface area contributed by atoms with E-state index in [0.717, 1.165) is 37.7 Å². The van der Waals surface area contributed by atoms with Crippen LogP contribution in [-0.2, 0) is 22.7 Å². The van der Waals surface area contributed by atoms with E-state index in [4.69, 9.17) is 30.6 Å². The van der Waals surface area contributed by atoms with Crippen LogP contribution in [0.1, 0.15) is 76.6 Å². The van der Waals surface area contributed by atoms with Crippen molar-refractivity contribution in [3.8, 4) is 0 Å². The molecule has 0 aliphatic carbocycles. The quantitative estimate of drug-likeness (QED) is 0.141. The van der Waals surface area contributed by atoms with Crippen molar-refractivity contribution in [3.63, 3.8) is 0 Å². The lowest BCUT2D eigenvalue weighted by Gasteiger charge is -2.15. The van der Waals surface area contributed by atoms with Crippen molar-refractivity contribution in [3.05, 3.63) is 82.8 Å². The van der Waals surface area contributed by atoms with Crippen molar-refractivity contribution in [1.82, 2.24) is 9.13 Å². The van der Waals surface area contributed by atoms with Crippen LogP contribution in [-0.4, -0.2) is 31.3 Å². The van der Waals surface area contributed by atoms with Gasteiger partial charge < -0.3 is 30.2 Å². The van der Waals surface area contributed by atoms with Gasteiger partial charge in [-0.15, -0.1) is 0 Å². The number of carboxylic acid groups (broad SMARTS) is 2. The molecule has 0 atom stereocenters. The largest absolute Gasteiger partial charge is 0.481 e. The number of fused-ring (bicyclic) bond motifs is 2. The molecule has 0 radical (unpaired) electrons. The highest BCUT2D eigenvalue weighted by Gasteiger charge is 2.05. The summed E-state index contributed by atoms with van der Waals surface area (Å²) in [6.45, 7) is 8.48. The first-order valence-corrected chi connectivity index (χ1v) is 14.7. The average Bonchev–Trinajstić information content (AvgIpc) is 2.92. The van der Waals surface area contributed by atoms with Crippen LogP contribution in [0.3, 0.4) is 0 Å². The third-order valence-electron chi connectivity index (χ3n) is 7.04. The van der Waals surface area contributed by atoms with Gasteiger partial charge in [-0.05, 0) is 51.0 Å². The summed E-state index contributed by atoms with van der Waals surface area (Å²) in [5, 5.41) is 34.6. The number of carboxylic acids is 2. The number of hydrogen-bond donors (Lipinski definition) is 4. The van der Waals surface area contributed by atoms with Crippen molar-refractivity contribution < 1.29 is 19.8 Å². The highest BCUT2D eigenvalue weighted by molar-refractivity contribution is 5.79. The first-order valence-electron chi connectivity index (χ1n) is 14.7. The molecule has 4 aromatic rings. The van der Waals surface area contributed by atoms with E-state index < -0.39 is 11.9 Å². The topological polar surface area (TPSA) is 132 Å². The molecule has 2 heterocycles. The molecule has 0 spiro atoms. The van der Waals surface area contributed by atoms with E-state index in [1.807, 2.05) is 24.3 Å². The number of hydrogen-bond acceptors (Lipinski definition) is 4. The van der Waals surface area contributed by atoms with Crippen molar-refractivity contribution in [2.45, 2.75) is 92.2 Å². The average molecular weight is 575 g/mol. The summed E-state index contributed by atoms with van der Waals surface area (Å²) >= 11 is 0. The highest BCUT2D eigenvalue weighted by atomic mass is 16.4. The van der Waals surface area contributed by atoms with E-state index in [2.05, 4.69) is 59.4 Å². The second-order valence-electron chi connectivity index (χ2n) is 10.6. The molecule has 226 valence electrons. The summed E-state index contributed by atoms with van der Waals surface area (Å²) in [5.74, 6) is -1.67. The molecule has 0 unspecified atom stereocenters. The standard InChI is InChI=1S/C30H38N4.2C2H4O2/c1-23-21-27(31)25-15-9-11-17-29(25)33(23)19-13-7-5-3-4-6-8-14-20-34-24(2)22-28(32)26-16-10-12-18-30(26)34;2*1-2(3)4/h9-12,15-18,21-22,31-32H,3-8,13-14,19-20H2,1-2H3;2*1H3,(H,3,4). The number of carbonyl (C=O) groups is 2. The number of para-hydroxylation sites is 2. The lowest BCUT2D eigenvalue weighted by atomic mass is 10.1. The molecule has 2 aromatic carbocycles. The van der Waals surface area contributed by atoms with E-state index in [-0.39, 0.29) is 0 Å². The van der Waals surface area contributed by atoms with Gasteiger partial charge in [0.05, 0.1) is 21.7 Å². The minimum Gasteiger partial charge on any atom is -0.481 e. The lowest BCUT2D eigenvalue weighted by Crippen LogP contribution is -2.12. The maximum atomic E-state index is 9.00. The SMILES string of the molecule is CC(=O)O.CC(=O)O.Cc1cc(=N)c2ccccc2n1CCCCCCCCCCn1c(C)cc(=N)c2ccccc21. The molecule has 0 aliphatic heterocycles. The zero-order valence-corrected chi connectivity index (χ0v) is 25.4. The van der Waals surface area contributed by atoms with Gasteiger partial charge in [0, 0.05) is 49.1 Å². The van der Waals surface area contributed by atoms with Gasteiger partial charge in [0.2, 0.25) is 0 Å². The van der Waals surface area contributed by atoms with Gasteiger partial charge in [-0.2, -0.15) is 0 Å². The van der Waals surface area contributed by atoms with Crippen LogP contribution in [0, 0.1) is 24.7 Å². The van der Waals surface area contributed by atoms with E-state index in [9.17, 15) is 0 Å². The fourth-order valence-electron chi connectivity index (χ4n) is 5.18. The zero-order chi connectivity index (χ0) is 31.1. The molecule has 2 aromatic heterocycles. The van der Waals surface area contributed by atoms with Gasteiger partial charge >= 0.3 is 0 Å². The summed E-state index contributed by atoms with van der Waals surface area (Å²) in [6, 6.07) is 20.6. The zero-order valence-electron chi connectivity index (χ0n) is 25.4. The number of unbranched alkanes of at least 4 members (excludes halogenated alkanes) is 7. The number of benzene rings is 2. The Morgan fingerprint density at radius 2 is 0.881 bits per heavy atom. The molecule has 8 nitrogen and oxygen atoms in total. The predicted octanol–water partition coefficient (Wildman–Crippen LogP) is 7.17. The monoisotopic (exact) mass is 574 g/mol. The first kappa shape index (κ1) is 34.0. The first-order chi connectivity index (χ1) is 20.0. The molecule has 4 N–H and O–H groups in total. The highest BCUT2D eigenvalue weighted by Crippen LogP contribution is 2.17. The van der Waals surface area contributed by atoms with E-state index >= 15 is 0 Å². The molecule has 0 bridgehead atoms. The fourth-order valence-corrected chi connectivity index (χ4v) is 5.18. The maximum Gasteiger partial charge on any atom is 0.300 e. The van der Waals surface area contributed by atoms with Crippen molar-refractivity contribution in [2.75, 3.05) is 0 Å². The number of aryl methyl sites for hydroxylation is 4. The predicted molar refractivity (Wildman–Crippen MR) is 169 cm³/mol. The fraction of sp³-hybridized carbons (Fsp3) is 0.412. The van der Waals surface area contributed by atoms with Crippen LogP contribution < -0.4 is 10.7 Å². The van der Waals surface area contributed by atoms with Gasteiger partial charge in [-0.3, -0.25) is 9.59 Å². The normalized spacial score (nSPS) is 10.5. The van der Waals surface area contributed by atoms with Crippen LogP contribution in [0.15, 0.2) is 60.7 Å². The molecule has 0 amide bonds. The van der Waals surface area contributed by atoms with Gasteiger partial charge in [0.15, 0.2) is 0 Å². The summed E-state index contributed by atoms with van der Waals surface area (Å²) < 4.78 is 4.76. The molecule has 8 heteroatoms. The van der Waals surface area contributed by atoms with Gasteiger partial charge in [0.25, 0.3) is 11.9 Å². The number of pyridine rings is 2. The molecule has 0 saturated carbocycles. The van der Waals surface area contributed by atoms with Gasteiger partial charge in [0.1, 0.15) is 0 Å². The van der Waals surface area contributed by atoms with Crippen LogP contribution >= 0.6 is 0 Å². The van der Waals surface area contributed by atoms with Crippen LogP contribution in [0.4, 0.5) is 0 Å². The van der Waals surface area contributed by atoms with Crippen molar-refractivity contribution in [2.24, 2.45) is 0 Å². The van der Waals surface area contributed by atoms with Crippen LogP contribution in [0.2, 0.25) is 0 Å². The summed E-state index contributed by atoms with van der Waals surface area (Å²) in [6.07, 6.45) is 10.2. The van der Waals surface area contributed by atoms with Crippen molar-refractivity contribution >= 4 is 33.7 Å². The Morgan fingerprint density at radius 1 is 0.595 bits per heavy atom. The Labute approximate surface area is 248 Å². The minimum absolute atomic E-state index is 0.625. The molecular weight excluding hydrogens is 528 g/mol. The number of aliphatic carboxylic acids is 2. The molecule has 0 saturated heterocycles. The number of rotatable bonds is 11. The van der Waals surface area contributed by atoms with Gasteiger partial charge in [-0.1, -0.05) is 74.9 Å². The molecule has 42 heavy (non-hydrogen) atoms. The lowest BCUT2D eigenvalue weighted by molar-refractivity contribution is -0.135. The third kappa shape index (κ3) is 11.0. The van der Waals surface area contributed by atoms with Crippen LogP contribution in [0.5, 0.6) is 0 Å². The van der Waals surface area contributed by atoms with Gasteiger partial charge in [-0.25, -0.2) is 0 Å². The van der Waals surface area contributed by atoms with E-state index in [1.165, 1.54) is 73.8 Å². The molecular formula is C34H46N4O4. The summed E-state index contributed by atoms with van der Waals surface area (Å²) in [7, 11) is 0. The Balaban J connectivity index is 0.000000686. The molecule has 0 aliphatic rings. The van der Waals surface area contributed by atoms with Crippen molar-refractivity contribution in [1.29, 1.82) is 10.8 Å². The number of nitrogens with one attached hydrogen (secondary N) is 2. The Morgan fingerprint density at radius 3 is 1.21 bits per heavy atom. The Kier molecular flexibility index (Phi) is 14.2. The molecule has 0 fully saturated rings. The van der Waals surface area contributed by atoms with E-state index in [0.29, 0.717) is 10.7 Å². The van der Waals surface area contributed by atoms with E-state index in [1.54, 1.807) is 0 Å². The minimum atomic E-state index is -0.833. The summed E-state index contributed by atoms with van der Waals surface area (Å²) in [4.78, 5) is 18.0. The second kappa shape index (κ2) is 17.6. The second-order valence-corrected chi connectivity index (χ2v) is 10.6. The Hall–Kier alpha value is -4.20. The summed E-state index contributed by atoms with van der Waals surface area (Å²) in [5.41, 5.74) is 4.74. The smallest absolute Gasteiger partial charge is 0.300 e. The van der Waals surface area contributed by atoms with Crippen LogP contribution in [0.25, 0.3) is 21.8 Å². The number of aromatic nitrogens is 2. The molecule has 4 rings (SSSR count). The Bertz CT molecular complexity index is 1460. The maximum absolute atomic E-state index is 9.00. The third-order valence-corrected chi connectivity index (χ3v) is 7.04.